The molecule has 3 N–H and O–H groups in total. The first kappa shape index (κ1) is 26.5. The Bertz CT molecular complexity index is 1380. The number of carboxylic acid groups (broad SMARTS) is 1. The normalized spacial score (nSPS) is 19.6. The van der Waals surface area contributed by atoms with Crippen LogP contribution in [0, 0.1) is 5.92 Å². The number of halogens is 2. The average Bonchev–Trinajstić information content (AvgIpc) is 3.26. The Balaban J connectivity index is 1.33. The van der Waals surface area contributed by atoms with Crippen LogP contribution in [0.25, 0.3) is 11.1 Å². The molecule has 1 saturated carbocycles. The molecule has 3 aromatic rings. The Morgan fingerprint density at radius 2 is 1.63 bits per heavy atom. The summed E-state index contributed by atoms with van der Waals surface area (Å²) in [4.78, 5) is 31.8. The monoisotopic (exact) mass is 555 g/mol. The second-order valence-electron chi connectivity index (χ2n) is 9.99. The van der Waals surface area contributed by atoms with Gasteiger partial charge in [-0.2, -0.15) is 0 Å². The predicted octanol–water partition coefficient (Wildman–Crippen LogP) is 5.69. The number of amides is 1. The summed E-state index contributed by atoms with van der Waals surface area (Å²) in [6.07, 6.45) is 3.97. The van der Waals surface area contributed by atoms with Gasteiger partial charge in [-0.3, -0.25) is 14.5 Å². The van der Waals surface area contributed by atoms with E-state index in [1.807, 2.05) is 41.9 Å². The van der Waals surface area contributed by atoms with Crippen LogP contribution in [0.2, 0.25) is 10.0 Å². The van der Waals surface area contributed by atoms with E-state index >= 15 is 0 Å². The molecular weight excluding hydrogens is 525 g/mol. The van der Waals surface area contributed by atoms with Crippen LogP contribution in [0.4, 0.5) is 11.4 Å². The van der Waals surface area contributed by atoms with Crippen LogP contribution in [0.3, 0.4) is 0 Å². The van der Waals surface area contributed by atoms with Gasteiger partial charge in [0, 0.05) is 56.5 Å². The number of hydrogen-bond acceptors (Lipinski definition) is 5. The van der Waals surface area contributed by atoms with Gasteiger partial charge in [-0.15, -0.1) is 0 Å². The fourth-order valence-electron chi connectivity index (χ4n) is 5.70. The summed E-state index contributed by atoms with van der Waals surface area (Å²) in [6.45, 7) is 1.53. The summed E-state index contributed by atoms with van der Waals surface area (Å²) in [5.41, 5.74) is 4.72. The summed E-state index contributed by atoms with van der Waals surface area (Å²) in [7, 11) is 3.67. The van der Waals surface area contributed by atoms with Crippen LogP contribution < -0.4 is 10.6 Å². The molecule has 1 aromatic heterocycles. The quantitative estimate of drug-likeness (QED) is 0.361. The van der Waals surface area contributed by atoms with E-state index in [1.165, 1.54) is 0 Å². The second-order valence-corrected chi connectivity index (χ2v) is 10.7. The zero-order valence-electron chi connectivity index (χ0n) is 21.4. The maximum absolute atomic E-state index is 13.3. The van der Waals surface area contributed by atoms with Crippen molar-refractivity contribution in [3.63, 3.8) is 0 Å². The maximum atomic E-state index is 13.3. The van der Waals surface area contributed by atoms with Gasteiger partial charge in [0.15, 0.2) is 5.82 Å². The van der Waals surface area contributed by atoms with E-state index in [0.717, 1.165) is 54.0 Å². The number of carbonyl (C=O) groups is 2. The van der Waals surface area contributed by atoms with Gasteiger partial charge in [0.1, 0.15) is 0 Å². The van der Waals surface area contributed by atoms with Crippen molar-refractivity contribution in [2.24, 2.45) is 13.0 Å². The largest absolute Gasteiger partial charge is 0.481 e. The number of carbonyl (C=O) groups excluding carboxylic acids is 1. The molecule has 2 aliphatic rings. The summed E-state index contributed by atoms with van der Waals surface area (Å²) in [6, 6.07) is 11.5. The number of hydrogen-bond donors (Lipinski definition) is 3. The van der Waals surface area contributed by atoms with Crippen LogP contribution >= 0.6 is 23.2 Å². The number of aliphatic carboxylic acids is 1. The van der Waals surface area contributed by atoms with Gasteiger partial charge in [0.05, 0.1) is 33.0 Å². The summed E-state index contributed by atoms with van der Waals surface area (Å²) < 4.78 is 1.87. The van der Waals surface area contributed by atoms with E-state index in [0.29, 0.717) is 47.0 Å². The lowest BCUT2D eigenvalue weighted by Crippen LogP contribution is -2.42. The molecule has 0 unspecified atom stereocenters. The highest BCUT2D eigenvalue weighted by Gasteiger charge is 2.33. The summed E-state index contributed by atoms with van der Waals surface area (Å²) in [5, 5.41) is 16.3. The first-order chi connectivity index (χ1) is 18.3. The van der Waals surface area contributed by atoms with Gasteiger partial charge in [-0.25, -0.2) is 4.98 Å². The van der Waals surface area contributed by atoms with Gasteiger partial charge in [0.25, 0.3) is 5.91 Å². The van der Waals surface area contributed by atoms with Crippen LogP contribution in [-0.2, 0) is 24.8 Å². The van der Waals surface area contributed by atoms with Gasteiger partial charge < -0.3 is 20.3 Å². The predicted molar refractivity (Wildman–Crippen MR) is 150 cm³/mol. The Morgan fingerprint density at radius 3 is 2.26 bits per heavy atom. The zero-order valence-corrected chi connectivity index (χ0v) is 22.9. The number of anilines is 2. The molecule has 38 heavy (non-hydrogen) atoms. The molecule has 0 spiro atoms. The Labute approximate surface area is 232 Å². The first-order valence-corrected chi connectivity index (χ1v) is 13.6. The molecule has 1 aliphatic carbocycles. The number of nitrogens with one attached hydrogen (secondary N) is 2. The Hall–Kier alpha value is -3.07. The Morgan fingerprint density at radius 1 is 1.00 bits per heavy atom. The van der Waals surface area contributed by atoms with E-state index < -0.39 is 5.97 Å². The number of rotatable bonds is 6. The molecule has 1 fully saturated rings. The fraction of sp³-hybridized carbons (Fsp3) is 0.393. The van der Waals surface area contributed by atoms with Crippen LogP contribution in [0.5, 0.6) is 0 Å². The van der Waals surface area contributed by atoms with Gasteiger partial charge >= 0.3 is 5.97 Å². The Kier molecular flexibility index (Phi) is 7.66. The van der Waals surface area contributed by atoms with Crippen molar-refractivity contribution in [3.05, 3.63) is 63.7 Å². The van der Waals surface area contributed by atoms with E-state index in [2.05, 4.69) is 15.5 Å². The minimum absolute atomic E-state index is 0.231. The highest BCUT2D eigenvalue weighted by atomic mass is 35.5. The lowest BCUT2D eigenvalue weighted by Gasteiger charge is -2.37. The molecule has 200 valence electrons. The molecular formula is C28H31Cl2N5O3. The van der Waals surface area contributed by atoms with Gasteiger partial charge in [-0.05, 0) is 37.8 Å². The number of aromatic nitrogens is 2. The van der Waals surface area contributed by atoms with Crippen molar-refractivity contribution in [2.75, 3.05) is 24.2 Å². The standard InChI is InChI=1S/C28H31Cl2N5O3/c1-31-20-7-3-5-18(24(20)29)19-6-4-8-21(25(19)30)33-27(36)26-32-22-15-35(14-13-23(22)34(26)2)17-11-9-16(10-12-17)28(37)38/h3-8,16-17,31H,9-15H2,1-2H3,(H,33,36)(H,37,38). The van der Waals surface area contributed by atoms with E-state index in [4.69, 9.17) is 28.2 Å². The molecule has 0 saturated heterocycles. The average molecular weight is 556 g/mol. The van der Waals surface area contributed by atoms with Crippen molar-refractivity contribution in [1.82, 2.24) is 14.5 Å². The van der Waals surface area contributed by atoms with Gasteiger partial charge in [-0.1, -0.05) is 47.5 Å². The second kappa shape index (κ2) is 11.0. The zero-order chi connectivity index (χ0) is 27.0. The first-order valence-electron chi connectivity index (χ1n) is 12.9. The van der Waals surface area contributed by atoms with Crippen LogP contribution in [0.15, 0.2) is 36.4 Å². The van der Waals surface area contributed by atoms with Crippen molar-refractivity contribution >= 4 is 46.5 Å². The molecule has 1 aliphatic heterocycles. The molecule has 8 nitrogen and oxygen atoms in total. The van der Waals surface area contributed by atoms with Crippen LogP contribution in [-0.4, -0.2) is 51.1 Å². The SMILES string of the molecule is CNc1cccc(-c2cccc(NC(=O)c3nc4c(n3C)CCN(C3CCC(C(=O)O)CC3)C4)c2Cl)c1Cl. The summed E-state index contributed by atoms with van der Waals surface area (Å²) >= 11 is 13.3. The van der Waals surface area contributed by atoms with Crippen molar-refractivity contribution < 1.29 is 14.7 Å². The lowest BCUT2D eigenvalue weighted by atomic mass is 9.85. The molecule has 0 bridgehead atoms. The van der Waals surface area contributed by atoms with Gasteiger partial charge in [0.2, 0.25) is 0 Å². The number of nitrogens with zero attached hydrogens (tertiary/aromatic N) is 3. The molecule has 0 radical (unpaired) electrons. The highest BCUT2D eigenvalue weighted by Crippen LogP contribution is 2.40. The third kappa shape index (κ3) is 5.00. The van der Waals surface area contributed by atoms with Crippen molar-refractivity contribution in [2.45, 2.75) is 44.7 Å². The third-order valence-electron chi connectivity index (χ3n) is 7.86. The van der Waals surface area contributed by atoms with Crippen LogP contribution in [0.1, 0.15) is 47.7 Å². The molecule has 5 rings (SSSR count). The topological polar surface area (TPSA) is 99.5 Å². The van der Waals surface area contributed by atoms with Crippen molar-refractivity contribution in [1.29, 1.82) is 0 Å². The summed E-state index contributed by atoms with van der Waals surface area (Å²) in [5.74, 6) is -0.914. The molecule has 1 amide bonds. The molecule has 2 aromatic carbocycles. The van der Waals surface area contributed by atoms with E-state index in [1.54, 1.807) is 13.1 Å². The number of carboxylic acids is 1. The number of fused-ring (bicyclic) bond motifs is 1. The molecule has 0 atom stereocenters. The molecule has 10 heteroatoms. The number of imidazole rings is 1. The van der Waals surface area contributed by atoms with E-state index in [-0.39, 0.29) is 11.8 Å². The smallest absolute Gasteiger partial charge is 0.306 e. The minimum atomic E-state index is -0.690. The fourth-order valence-corrected chi connectivity index (χ4v) is 6.30. The highest BCUT2D eigenvalue weighted by molar-refractivity contribution is 6.39. The van der Waals surface area contributed by atoms with E-state index in [9.17, 15) is 14.7 Å². The van der Waals surface area contributed by atoms with Crippen molar-refractivity contribution in [3.8, 4) is 11.1 Å². The lowest BCUT2D eigenvalue weighted by molar-refractivity contribution is -0.143. The third-order valence-corrected chi connectivity index (χ3v) is 8.67. The number of benzene rings is 2. The maximum Gasteiger partial charge on any atom is 0.306 e. The minimum Gasteiger partial charge on any atom is -0.481 e. The molecule has 2 heterocycles.